The van der Waals surface area contributed by atoms with Gasteiger partial charge in [-0.05, 0) is 47.7 Å². The number of hydrogen-bond donors (Lipinski definition) is 1. The zero-order valence-electron chi connectivity index (χ0n) is 16.9. The van der Waals surface area contributed by atoms with Crippen LogP contribution in [0, 0.1) is 5.82 Å². The van der Waals surface area contributed by atoms with Gasteiger partial charge < -0.3 is 10.2 Å². The number of nitrogens with one attached hydrogen (secondary N) is 1. The summed E-state index contributed by atoms with van der Waals surface area (Å²) in [6.45, 7) is 3.74. The van der Waals surface area contributed by atoms with Gasteiger partial charge in [-0.3, -0.25) is 9.69 Å². The van der Waals surface area contributed by atoms with Gasteiger partial charge in [-0.25, -0.2) is 4.39 Å². The first-order valence-corrected chi connectivity index (χ1v) is 10.1. The van der Waals surface area contributed by atoms with Crippen LogP contribution in [0.25, 0.3) is 0 Å². The van der Waals surface area contributed by atoms with Crippen LogP contribution in [-0.2, 0) is 23.3 Å². The SMILES string of the molecule is CN(Cc1cc(F)cc(Cl)c1)C(=O)[C@@]1(N2CCNCC2)CCc2ccccc21.Cl.Cl. The molecule has 0 radical (unpaired) electrons. The maximum atomic E-state index is 13.8. The highest BCUT2D eigenvalue weighted by molar-refractivity contribution is 6.30. The number of fused-ring (bicyclic) bond motifs is 1. The van der Waals surface area contributed by atoms with Crippen LogP contribution in [0.1, 0.15) is 23.1 Å². The lowest BCUT2D eigenvalue weighted by atomic mass is 9.87. The molecule has 0 bridgehead atoms. The summed E-state index contributed by atoms with van der Waals surface area (Å²) in [5.41, 5.74) is 2.41. The van der Waals surface area contributed by atoms with Crippen molar-refractivity contribution in [2.45, 2.75) is 24.9 Å². The Morgan fingerprint density at radius 2 is 1.90 bits per heavy atom. The molecule has 4 nitrogen and oxygen atoms in total. The van der Waals surface area contributed by atoms with E-state index in [1.54, 1.807) is 18.0 Å². The van der Waals surface area contributed by atoms with Gasteiger partial charge in [0.25, 0.3) is 0 Å². The van der Waals surface area contributed by atoms with Crippen molar-refractivity contribution in [3.8, 4) is 0 Å². The van der Waals surface area contributed by atoms with E-state index >= 15 is 0 Å². The molecule has 8 heteroatoms. The third-order valence-corrected chi connectivity index (χ3v) is 6.14. The van der Waals surface area contributed by atoms with E-state index in [1.165, 1.54) is 17.7 Å². The number of piperazine rings is 1. The molecule has 164 valence electrons. The zero-order valence-corrected chi connectivity index (χ0v) is 19.3. The Kier molecular flexibility index (Phi) is 8.54. The largest absolute Gasteiger partial charge is 0.340 e. The molecule has 4 rings (SSSR count). The summed E-state index contributed by atoms with van der Waals surface area (Å²) in [6.07, 6.45) is 1.67. The topological polar surface area (TPSA) is 35.6 Å². The summed E-state index contributed by atoms with van der Waals surface area (Å²) in [4.78, 5) is 17.9. The second kappa shape index (κ2) is 10.3. The molecular weight excluding hydrogens is 448 g/mol. The van der Waals surface area contributed by atoms with Crippen molar-refractivity contribution in [3.05, 3.63) is 70.0 Å². The van der Waals surface area contributed by atoms with E-state index < -0.39 is 5.54 Å². The normalized spacial score (nSPS) is 20.6. The monoisotopic (exact) mass is 473 g/mol. The van der Waals surface area contributed by atoms with Gasteiger partial charge in [0.2, 0.25) is 5.91 Å². The van der Waals surface area contributed by atoms with E-state index in [-0.39, 0.29) is 36.5 Å². The van der Waals surface area contributed by atoms with Crippen molar-refractivity contribution in [2.75, 3.05) is 33.2 Å². The van der Waals surface area contributed by atoms with Gasteiger partial charge in [-0.1, -0.05) is 35.9 Å². The van der Waals surface area contributed by atoms with Gasteiger partial charge in [-0.15, -0.1) is 24.8 Å². The fourth-order valence-electron chi connectivity index (χ4n) is 4.69. The number of nitrogens with zero attached hydrogens (tertiary/aromatic N) is 2. The highest BCUT2D eigenvalue weighted by atomic mass is 35.5. The van der Waals surface area contributed by atoms with Gasteiger partial charge in [0, 0.05) is 44.8 Å². The fraction of sp³-hybridized carbons (Fsp3) is 0.409. The minimum absolute atomic E-state index is 0. The number of aryl methyl sites for hydroxylation is 1. The Bertz CT molecular complexity index is 871. The van der Waals surface area contributed by atoms with Gasteiger partial charge in [0.1, 0.15) is 11.4 Å². The predicted molar refractivity (Wildman–Crippen MR) is 123 cm³/mol. The first-order chi connectivity index (χ1) is 13.5. The molecule has 1 aliphatic carbocycles. The molecule has 2 aliphatic rings. The number of rotatable bonds is 4. The summed E-state index contributed by atoms with van der Waals surface area (Å²) >= 11 is 6.00. The molecule has 1 heterocycles. The number of hydrogen-bond acceptors (Lipinski definition) is 3. The van der Waals surface area contributed by atoms with Crippen molar-refractivity contribution >= 4 is 42.3 Å². The number of amides is 1. The summed E-state index contributed by atoms with van der Waals surface area (Å²) in [5.74, 6) is -0.314. The third-order valence-electron chi connectivity index (χ3n) is 5.92. The third kappa shape index (κ3) is 4.61. The Balaban J connectivity index is 0.00000160. The Hall–Kier alpha value is -1.37. The van der Waals surface area contributed by atoms with Crippen molar-refractivity contribution < 1.29 is 9.18 Å². The van der Waals surface area contributed by atoms with Crippen molar-refractivity contribution in [2.24, 2.45) is 0 Å². The minimum Gasteiger partial charge on any atom is -0.340 e. The van der Waals surface area contributed by atoms with E-state index in [1.807, 2.05) is 12.1 Å². The van der Waals surface area contributed by atoms with Crippen LogP contribution in [0.3, 0.4) is 0 Å². The van der Waals surface area contributed by atoms with Gasteiger partial charge in [-0.2, -0.15) is 0 Å². The molecule has 1 fully saturated rings. The van der Waals surface area contributed by atoms with E-state index in [2.05, 4.69) is 22.3 Å². The van der Waals surface area contributed by atoms with Crippen LogP contribution in [0.4, 0.5) is 4.39 Å². The molecule has 30 heavy (non-hydrogen) atoms. The van der Waals surface area contributed by atoms with Crippen molar-refractivity contribution in [3.63, 3.8) is 0 Å². The van der Waals surface area contributed by atoms with Crippen LogP contribution in [0.5, 0.6) is 0 Å². The predicted octanol–water partition coefficient (Wildman–Crippen LogP) is 4.03. The second-order valence-corrected chi connectivity index (χ2v) is 8.13. The number of carbonyl (C=O) groups is 1. The Labute approximate surface area is 194 Å². The summed E-state index contributed by atoms with van der Waals surface area (Å²) in [6, 6.07) is 12.7. The average molecular weight is 475 g/mol. The van der Waals surface area contributed by atoms with Gasteiger partial charge in [0.15, 0.2) is 0 Å². The van der Waals surface area contributed by atoms with Crippen molar-refractivity contribution in [1.29, 1.82) is 0 Å². The first kappa shape index (κ1) is 24.9. The molecule has 2 aromatic carbocycles. The summed E-state index contributed by atoms with van der Waals surface area (Å²) in [5, 5.41) is 3.72. The zero-order chi connectivity index (χ0) is 19.7. The highest BCUT2D eigenvalue weighted by Crippen LogP contribution is 2.43. The standard InChI is InChI=1S/C22H25ClFN3O.2ClH/c1-26(15-16-12-18(23)14-19(24)13-16)21(28)22(27-10-8-25-9-11-27)7-6-17-4-2-3-5-20(17)22;;/h2-5,12-14,25H,6-11,15H2,1H3;2*1H/t22-;;/m1../s1. The highest BCUT2D eigenvalue weighted by Gasteiger charge is 2.50. The molecule has 0 unspecified atom stereocenters. The Morgan fingerprint density at radius 1 is 1.20 bits per heavy atom. The molecule has 1 N–H and O–H groups in total. The van der Waals surface area contributed by atoms with Gasteiger partial charge in [0.05, 0.1) is 0 Å². The quantitative estimate of drug-likeness (QED) is 0.727. The molecule has 1 saturated heterocycles. The number of benzene rings is 2. The molecule has 1 aliphatic heterocycles. The maximum absolute atomic E-state index is 13.8. The number of carbonyl (C=O) groups excluding carboxylic acids is 1. The number of halogens is 4. The summed E-state index contributed by atoms with van der Waals surface area (Å²) < 4.78 is 13.7. The first-order valence-electron chi connectivity index (χ1n) is 9.75. The lowest BCUT2D eigenvalue weighted by molar-refractivity contribution is -0.145. The Morgan fingerprint density at radius 3 is 2.60 bits per heavy atom. The van der Waals surface area contributed by atoms with Crippen LogP contribution < -0.4 is 5.32 Å². The fourth-order valence-corrected chi connectivity index (χ4v) is 4.93. The molecule has 0 saturated carbocycles. The van der Waals surface area contributed by atoms with Crippen LogP contribution >= 0.6 is 36.4 Å². The van der Waals surface area contributed by atoms with Crippen LogP contribution in [0.15, 0.2) is 42.5 Å². The molecule has 1 atom stereocenters. The average Bonchev–Trinajstić information content (AvgIpc) is 3.08. The second-order valence-electron chi connectivity index (χ2n) is 7.69. The van der Waals surface area contributed by atoms with E-state index in [9.17, 15) is 9.18 Å². The molecule has 2 aromatic rings. The van der Waals surface area contributed by atoms with Gasteiger partial charge >= 0.3 is 0 Å². The van der Waals surface area contributed by atoms with E-state index in [0.29, 0.717) is 17.1 Å². The maximum Gasteiger partial charge on any atom is 0.247 e. The minimum atomic E-state index is -0.648. The molecular formula is C22H27Cl3FN3O. The van der Waals surface area contributed by atoms with Crippen LogP contribution in [-0.4, -0.2) is 48.9 Å². The lowest BCUT2D eigenvalue weighted by Crippen LogP contribution is -2.60. The van der Waals surface area contributed by atoms with Crippen molar-refractivity contribution in [1.82, 2.24) is 15.1 Å². The van der Waals surface area contributed by atoms with E-state index in [0.717, 1.165) is 44.6 Å². The van der Waals surface area contributed by atoms with Crippen LogP contribution in [0.2, 0.25) is 5.02 Å². The lowest BCUT2D eigenvalue weighted by Gasteiger charge is -2.44. The smallest absolute Gasteiger partial charge is 0.247 e. The van der Waals surface area contributed by atoms with E-state index in [4.69, 9.17) is 11.6 Å². The molecule has 0 spiro atoms. The summed E-state index contributed by atoms with van der Waals surface area (Å²) in [7, 11) is 1.80. The molecule has 1 amide bonds. The molecule has 0 aromatic heterocycles. The number of likely N-dealkylation sites (N-methyl/N-ethyl adjacent to an activating group) is 1.